The summed E-state index contributed by atoms with van der Waals surface area (Å²) < 4.78 is 0. The van der Waals surface area contributed by atoms with Crippen molar-refractivity contribution >= 4 is 11.6 Å². The molecule has 1 aromatic rings. The van der Waals surface area contributed by atoms with Gasteiger partial charge >= 0.3 is 0 Å². The summed E-state index contributed by atoms with van der Waals surface area (Å²) in [6.07, 6.45) is 4.45. The average Bonchev–Trinajstić information content (AvgIpc) is 2.85. The zero-order valence-electron chi connectivity index (χ0n) is 12.8. The van der Waals surface area contributed by atoms with E-state index in [9.17, 15) is 4.79 Å². The van der Waals surface area contributed by atoms with Crippen molar-refractivity contribution in [3.8, 4) is 6.07 Å². The first-order valence-corrected chi connectivity index (χ1v) is 7.45. The molecule has 0 aliphatic heterocycles. The van der Waals surface area contributed by atoms with Crippen molar-refractivity contribution < 1.29 is 4.79 Å². The third-order valence-electron chi connectivity index (χ3n) is 4.28. The van der Waals surface area contributed by atoms with E-state index in [1.165, 1.54) is 0 Å². The Hall–Kier alpha value is -1.86. The number of rotatable bonds is 4. The maximum absolute atomic E-state index is 12.1. The van der Waals surface area contributed by atoms with Gasteiger partial charge in [0.25, 0.3) is 0 Å². The molecular formula is C17H23N3O. The van der Waals surface area contributed by atoms with Crippen LogP contribution in [0.4, 0.5) is 5.69 Å². The summed E-state index contributed by atoms with van der Waals surface area (Å²) in [5, 5.41) is 12.0. The highest BCUT2D eigenvalue weighted by Gasteiger charge is 2.31. The summed E-state index contributed by atoms with van der Waals surface area (Å²) in [7, 11) is 0. The Morgan fingerprint density at radius 3 is 2.43 bits per heavy atom. The van der Waals surface area contributed by atoms with Crippen LogP contribution in [0.1, 0.15) is 51.5 Å². The summed E-state index contributed by atoms with van der Waals surface area (Å²) in [5.74, 6) is -0.0355. The summed E-state index contributed by atoms with van der Waals surface area (Å²) in [5.41, 5.74) is 7.06. The number of nitrogens with two attached hydrogens (primary N) is 1. The number of nitriles is 1. The number of nitrogens with one attached hydrogen (secondary N) is 1. The van der Waals surface area contributed by atoms with Gasteiger partial charge in [0.05, 0.1) is 11.5 Å². The van der Waals surface area contributed by atoms with E-state index < -0.39 is 5.41 Å². The lowest BCUT2D eigenvalue weighted by atomic mass is 9.86. The van der Waals surface area contributed by atoms with Crippen LogP contribution in [0.15, 0.2) is 24.3 Å². The monoisotopic (exact) mass is 285 g/mol. The molecule has 0 atom stereocenters. The number of benzene rings is 1. The lowest BCUT2D eigenvalue weighted by Crippen LogP contribution is -2.40. The van der Waals surface area contributed by atoms with E-state index in [-0.39, 0.29) is 11.4 Å². The van der Waals surface area contributed by atoms with Crippen molar-refractivity contribution in [2.75, 3.05) is 5.32 Å². The molecule has 4 heteroatoms. The van der Waals surface area contributed by atoms with Gasteiger partial charge < -0.3 is 11.1 Å². The number of anilines is 1. The molecule has 21 heavy (non-hydrogen) atoms. The molecule has 0 saturated heterocycles. The van der Waals surface area contributed by atoms with Gasteiger partial charge in [-0.2, -0.15) is 5.26 Å². The number of amides is 1. The molecule has 0 bridgehead atoms. The molecule has 1 aliphatic carbocycles. The van der Waals surface area contributed by atoms with Gasteiger partial charge in [-0.15, -0.1) is 0 Å². The van der Waals surface area contributed by atoms with Gasteiger partial charge in [0.1, 0.15) is 0 Å². The van der Waals surface area contributed by atoms with E-state index in [0.717, 1.165) is 36.9 Å². The molecule has 112 valence electrons. The van der Waals surface area contributed by atoms with E-state index in [1.807, 2.05) is 38.1 Å². The Bertz CT molecular complexity index is 548. The maximum atomic E-state index is 12.1. The van der Waals surface area contributed by atoms with Crippen LogP contribution in [-0.4, -0.2) is 11.4 Å². The largest absolute Gasteiger partial charge is 0.326 e. The van der Waals surface area contributed by atoms with E-state index in [0.29, 0.717) is 6.42 Å². The molecule has 0 heterocycles. The molecule has 2 rings (SSSR count). The standard InChI is InChI=1S/C17H23N3O/c1-16(2,12-18)13-5-7-14(8-6-13)20-15(21)11-17(19)9-3-4-10-17/h5-8H,3-4,9-11,19H2,1-2H3,(H,20,21). The second kappa shape index (κ2) is 5.87. The molecule has 0 spiro atoms. The van der Waals surface area contributed by atoms with E-state index >= 15 is 0 Å². The zero-order valence-corrected chi connectivity index (χ0v) is 12.8. The van der Waals surface area contributed by atoms with Crippen LogP contribution in [0.2, 0.25) is 0 Å². The number of carbonyl (C=O) groups is 1. The second-order valence-electron chi connectivity index (χ2n) is 6.61. The fourth-order valence-electron chi connectivity index (χ4n) is 2.82. The second-order valence-corrected chi connectivity index (χ2v) is 6.61. The molecule has 1 aliphatic rings. The minimum Gasteiger partial charge on any atom is -0.326 e. The number of carbonyl (C=O) groups excluding carboxylic acids is 1. The number of nitrogens with zero attached hydrogens (tertiary/aromatic N) is 1. The number of hydrogen-bond donors (Lipinski definition) is 2. The summed E-state index contributed by atoms with van der Waals surface area (Å²) in [4.78, 5) is 12.1. The first-order valence-electron chi connectivity index (χ1n) is 7.45. The Morgan fingerprint density at radius 2 is 1.90 bits per heavy atom. The Balaban J connectivity index is 1.97. The molecule has 1 aromatic carbocycles. The quantitative estimate of drug-likeness (QED) is 0.892. The van der Waals surface area contributed by atoms with Crippen LogP contribution < -0.4 is 11.1 Å². The molecule has 0 radical (unpaired) electrons. The first kappa shape index (κ1) is 15.5. The van der Waals surface area contributed by atoms with Crippen molar-refractivity contribution in [2.45, 2.75) is 56.9 Å². The third-order valence-corrected chi connectivity index (χ3v) is 4.28. The summed E-state index contributed by atoms with van der Waals surface area (Å²) >= 11 is 0. The minimum absolute atomic E-state index is 0.0355. The van der Waals surface area contributed by atoms with Gasteiger partial charge in [0.2, 0.25) is 5.91 Å². The lowest BCUT2D eigenvalue weighted by molar-refractivity contribution is -0.117. The van der Waals surface area contributed by atoms with E-state index in [4.69, 9.17) is 11.0 Å². The van der Waals surface area contributed by atoms with Gasteiger partial charge in [-0.25, -0.2) is 0 Å². The minimum atomic E-state index is -0.520. The molecule has 1 saturated carbocycles. The molecule has 0 aromatic heterocycles. The van der Waals surface area contributed by atoms with Crippen LogP contribution in [0, 0.1) is 11.3 Å². The fraction of sp³-hybridized carbons (Fsp3) is 0.529. The Morgan fingerprint density at radius 1 is 1.33 bits per heavy atom. The van der Waals surface area contributed by atoms with Gasteiger partial charge in [0, 0.05) is 17.6 Å². The fourth-order valence-corrected chi connectivity index (χ4v) is 2.82. The smallest absolute Gasteiger partial charge is 0.226 e. The van der Waals surface area contributed by atoms with E-state index in [2.05, 4.69) is 11.4 Å². The predicted molar refractivity (Wildman–Crippen MR) is 83.7 cm³/mol. The molecule has 1 amide bonds. The van der Waals surface area contributed by atoms with Crippen LogP contribution in [0.3, 0.4) is 0 Å². The number of hydrogen-bond acceptors (Lipinski definition) is 3. The van der Waals surface area contributed by atoms with Crippen LogP contribution in [-0.2, 0) is 10.2 Å². The highest BCUT2D eigenvalue weighted by atomic mass is 16.1. The zero-order chi connectivity index (χ0) is 15.5. The Labute approximate surface area is 126 Å². The average molecular weight is 285 g/mol. The van der Waals surface area contributed by atoms with Gasteiger partial charge in [-0.1, -0.05) is 25.0 Å². The van der Waals surface area contributed by atoms with Gasteiger partial charge in [0.15, 0.2) is 0 Å². The topological polar surface area (TPSA) is 78.9 Å². The highest BCUT2D eigenvalue weighted by Crippen LogP contribution is 2.30. The van der Waals surface area contributed by atoms with Crippen molar-refractivity contribution in [2.24, 2.45) is 5.73 Å². The third kappa shape index (κ3) is 3.83. The van der Waals surface area contributed by atoms with Crippen LogP contribution in [0.5, 0.6) is 0 Å². The van der Waals surface area contributed by atoms with Crippen molar-refractivity contribution in [3.05, 3.63) is 29.8 Å². The molecule has 1 fully saturated rings. The molecule has 4 nitrogen and oxygen atoms in total. The van der Waals surface area contributed by atoms with Gasteiger partial charge in [-0.3, -0.25) is 4.79 Å². The molecular weight excluding hydrogens is 262 g/mol. The Kier molecular flexibility index (Phi) is 4.34. The van der Waals surface area contributed by atoms with Crippen LogP contribution in [0.25, 0.3) is 0 Å². The first-order chi connectivity index (χ1) is 9.85. The molecule has 0 unspecified atom stereocenters. The van der Waals surface area contributed by atoms with Crippen molar-refractivity contribution in [1.82, 2.24) is 0 Å². The van der Waals surface area contributed by atoms with Gasteiger partial charge in [-0.05, 0) is 44.4 Å². The van der Waals surface area contributed by atoms with E-state index in [1.54, 1.807) is 0 Å². The highest BCUT2D eigenvalue weighted by molar-refractivity contribution is 5.91. The molecule has 3 N–H and O–H groups in total. The normalized spacial score (nSPS) is 17.2. The maximum Gasteiger partial charge on any atom is 0.226 e. The summed E-state index contributed by atoms with van der Waals surface area (Å²) in [6.45, 7) is 3.75. The van der Waals surface area contributed by atoms with Crippen molar-refractivity contribution in [1.29, 1.82) is 5.26 Å². The van der Waals surface area contributed by atoms with Crippen molar-refractivity contribution in [3.63, 3.8) is 0 Å². The van der Waals surface area contributed by atoms with Crippen LogP contribution >= 0.6 is 0 Å². The lowest BCUT2D eigenvalue weighted by Gasteiger charge is -2.22. The predicted octanol–water partition coefficient (Wildman–Crippen LogP) is 3.09. The SMILES string of the molecule is CC(C)(C#N)c1ccc(NC(=O)CC2(N)CCCC2)cc1. The summed E-state index contributed by atoms with van der Waals surface area (Å²) in [6, 6.07) is 9.71.